The van der Waals surface area contributed by atoms with Gasteiger partial charge in [0, 0.05) is 18.8 Å². The largest absolute Gasteiger partial charge is 0.616 e. The van der Waals surface area contributed by atoms with Gasteiger partial charge in [-0.3, -0.25) is 4.79 Å². The van der Waals surface area contributed by atoms with Gasteiger partial charge in [0.1, 0.15) is 17.3 Å². The smallest absolute Gasteiger partial charge is 0.453 e. The lowest BCUT2D eigenvalue weighted by Crippen LogP contribution is -2.46. The highest BCUT2D eigenvalue weighted by Gasteiger charge is 2.71. The zero-order valence-electron chi connectivity index (χ0n) is 27.3. The molecule has 46 heavy (non-hydrogen) atoms. The molecule has 3 fully saturated rings. The molecule has 0 amide bonds. The molecule has 4 unspecified atom stereocenters. The van der Waals surface area contributed by atoms with Crippen LogP contribution in [0.3, 0.4) is 0 Å². The summed E-state index contributed by atoms with van der Waals surface area (Å²) in [5.74, 6) is -2.10. The molecule has 0 bridgehead atoms. The monoisotopic (exact) mass is 674 g/mol. The van der Waals surface area contributed by atoms with Gasteiger partial charge in [-0.05, 0) is 117 Å². The van der Waals surface area contributed by atoms with Crippen LogP contribution in [0.1, 0.15) is 127 Å². The number of alkyl halides is 5. The minimum atomic E-state index is -5.55. The Morgan fingerprint density at radius 3 is 2.30 bits per heavy atom. The molecule has 1 spiro atoms. The summed E-state index contributed by atoms with van der Waals surface area (Å²) in [4.78, 5) is 11.6. The Balaban J connectivity index is 1.07. The number of carbonyl (C=O) groups excluding carboxylic acids is 1. The van der Waals surface area contributed by atoms with Crippen molar-refractivity contribution in [2.45, 2.75) is 141 Å². The molecule has 0 saturated heterocycles. The molecule has 1 N–H and O–H groups in total. The first-order valence-corrected chi connectivity index (χ1v) is 19.0. The van der Waals surface area contributed by atoms with Crippen molar-refractivity contribution in [2.24, 2.45) is 28.6 Å². The Kier molecular flexibility index (Phi) is 11.1. The van der Waals surface area contributed by atoms with Gasteiger partial charge in [0.2, 0.25) is 0 Å². The Bertz CT molecular complexity index is 1200. The number of hydrogen-bond donors (Lipinski definition) is 1. The Morgan fingerprint density at radius 1 is 1.00 bits per heavy atom. The summed E-state index contributed by atoms with van der Waals surface area (Å²) in [6.07, 6.45) is 7.19. The van der Waals surface area contributed by atoms with Crippen molar-refractivity contribution < 1.29 is 41.1 Å². The van der Waals surface area contributed by atoms with E-state index in [2.05, 4.69) is 19.1 Å². The van der Waals surface area contributed by atoms with Gasteiger partial charge in [0.15, 0.2) is 0 Å². The summed E-state index contributed by atoms with van der Waals surface area (Å²) < 4.78 is 80.3. The summed E-state index contributed by atoms with van der Waals surface area (Å²) in [6, 6.07) is 6.20. The fraction of sp³-hybridized carbons (Fsp3) is 0.806. The van der Waals surface area contributed by atoms with E-state index in [9.17, 15) is 36.4 Å². The molecule has 0 heterocycles. The van der Waals surface area contributed by atoms with Gasteiger partial charge in [0.05, 0.1) is 6.10 Å². The molecule has 5 rings (SSSR count). The van der Waals surface area contributed by atoms with Gasteiger partial charge in [-0.1, -0.05) is 56.3 Å². The van der Waals surface area contributed by atoms with Gasteiger partial charge >= 0.3 is 18.1 Å². The summed E-state index contributed by atoms with van der Waals surface area (Å²) in [7, 11) is 0. The Morgan fingerprint density at radius 2 is 1.65 bits per heavy atom. The molecular weight excluding hydrogens is 623 g/mol. The topological polar surface area (TPSA) is 69.6 Å². The average Bonchev–Trinajstić information content (AvgIpc) is 3.76. The number of halogens is 5. The first-order valence-electron chi connectivity index (χ1n) is 17.5. The molecule has 1 aromatic carbocycles. The molecule has 4 aliphatic carbocycles. The van der Waals surface area contributed by atoms with Crippen LogP contribution in [-0.2, 0) is 22.4 Å². The molecule has 1 aromatic rings. The van der Waals surface area contributed by atoms with Crippen LogP contribution < -0.4 is 4.74 Å². The quantitative estimate of drug-likeness (QED) is 0.0662. The number of unbranched alkanes of at least 4 members (excludes halogenated alkanes) is 6. The summed E-state index contributed by atoms with van der Waals surface area (Å²) >= 11 is -1.37. The zero-order chi connectivity index (χ0) is 33.3. The minimum Gasteiger partial charge on any atom is -0.616 e. The summed E-state index contributed by atoms with van der Waals surface area (Å²) in [5, 5.41) is 11.2. The van der Waals surface area contributed by atoms with Crippen molar-refractivity contribution in [2.75, 3.05) is 11.5 Å². The van der Waals surface area contributed by atoms with Crippen LogP contribution in [0.25, 0.3) is 0 Å². The standard InChI is InChI=1S/C36H51F5O4S/c1-24(42)45-27-12-13-28-26(22-27)21-25(32-29(28)14-16-33(2)30(32)23-31(43)34(33)17-18-34)11-8-6-4-3-5-7-9-19-46(44)20-10-15-35(37,38)36(39,40)41/h12-13,22,25,29-32,43H,3-11,14-21,23H2,1-2H3/t25-,29?,30?,31-,32?,33+,46?/m1/s1. The maximum absolute atomic E-state index is 13.0. The number of fused-ring (bicyclic) bond motifs is 6. The fourth-order valence-corrected chi connectivity index (χ4v) is 11.0. The Labute approximate surface area is 273 Å². The lowest BCUT2D eigenvalue weighted by atomic mass is 9.50. The second-order valence-electron chi connectivity index (χ2n) is 15.0. The van der Waals surface area contributed by atoms with Gasteiger partial charge in [0.25, 0.3) is 0 Å². The fourth-order valence-electron chi connectivity index (χ4n) is 9.80. The predicted molar refractivity (Wildman–Crippen MR) is 169 cm³/mol. The third-order valence-corrected chi connectivity index (χ3v) is 13.8. The Hall–Kier alpha value is -1.39. The molecular formula is C36H51F5O4S. The van der Waals surface area contributed by atoms with E-state index < -0.39 is 36.1 Å². The normalized spacial score (nSPS) is 30.4. The highest BCUT2D eigenvalue weighted by atomic mass is 32.2. The number of hydrogen-bond acceptors (Lipinski definition) is 4. The molecule has 0 radical (unpaired) electrons. The number of esters is 1. The zero-order valence-corrected chi connectivity index (χ0v) is 28.1. The van der Waals surface area contributed by atoms with Gasteiger partial charge in [-0.2, -0.15) is 22.0 Å². The van der Waals surface area contributed by atoms with E-state index in [0.29, 0.717) is 41.6 Å². The third kappa shape index (κ3) is 7.44. The third-order valence-electron chi connectivity index (χ3n) is 12.3. The highest BCUT2D eigenvalue weighted by molar-refractivity contribution is 7.91. The molecule has 3 saturated carbocycles. The van der Waals surface area contributed by atoms with Crippen molar-refractivity contribution >= 4 is 17.1 Å². The second kappa shape index (κ2) is 14.2. The van der Waals surface area contributed by atoms with Crippen molar-refractivity contribution in [1.29, 1.82) is 0 Å². The highest BCUT2D eigenvalue weighted by Crippen LogP contribution is 2.76. The van der Waals surface area contributed by atoms with E-state index in [4.69, 9.17) is 4.74 Å². The van der Waals surface area contributed by atoms with Crippen molar-refractivity contribution in [3.05, 3.63) is 29.3 Å². The molecule has 4 aliphatic rings. The van der Waals surface area contributed by atoms with Crippen LogP contribution in [-0.4, -0.2) is 45.3 Å². The molecule has 0 aromatic heterocycles. The number of rotatable bonds is 15. The number of carbonyl (C=O) groups is 1. The van der Waals surface area contributed by atoms with E-state index in [-0.39, 0.29) is 28.7 Å². The van der Waals surface area contributed by atoms with Crippen LogP contribution in [0.5, 0.6) is 5.75 Å². The SMILES string of the molecule is CC(=O)Oc1ccc2c(c1)C[C@@H](CCCCCCCCC[S+]([O-])CCCC(F)(F)C(F)(F)F)C1C2CC[C@@]2(C)C1C[C@@H](O)C21CC1. The molecule has 0 aliphatic heterocycles. The van der Waals surface area contributed by atoms with E-state index in [0.717, 1.165) is 83.5 Å². The second-order valence-corrected chi connectivity index (χ2v) is 16.7. The molecule has 4 nitrogen and oxygen atoms in total. The van der Waals surface area contributed by atoms with Gasteiger partial charge in [-0.25, -0.2) is 0 Å². The maximum atomic E-state index is 13.0. The molecule has 7 atom stereocenters. The van der Waals surface area contributed by atoms with Crippen LogP contribution in [0.4, 0.5) is 22.0 Å². The van der Waals surface area contributed by atoms with Gasteiger partial charge in [-0.15, -0.1) is 0 Å². The van der Waals surface area contributed by atoms with Crippen LogP contribution >= 0.6 is 0 Å². The van der Waals surface area contributed by atoms with Crippen LogP contribution in [0.2, 0.25) is 0 Å². The lowest BCUT2D eigenvalue weighted by Gasteiger charge is -2.54. The minimum absolute atomic E-state index is 0.121. The van der Waals surface area contributed by atoms with Crippen molar-refractivity contribution in [3.63, 3.8) is 0 Å². The molecule has 260 valence electrons. The van der Waals surface area contributed by atoms with E-state index in [1.54, 1.807) is 0 Å². The number of benzene rings is 1. The lowest BCUT2D eigenvalue weighted by molar-refractivity contribution is -0.284. The first-order chi connectivity index (χ1) is 21.7. The summed E-state index contributed by atoms with van der Waals surface area (Å²) in [5.41, 5.74) is 3.05. The summed E-state index contributed by atoms with van der Waals surface area (Å²) in [6.45, 7) is 3.90. The predicted octanol–water partition coefficient (Wildman–Crippen LogP) is 9.29. The number of aliphatic hydroxyl groups is 1. The maximum Gasteiger partial charge on any atom is 0.453 e. The number of ether oxygens (including phenoxy) is 1. The van der Waals surface area contributed by atoms with E-state index in [1.165, 1.54) is 18.1 Å². The van der Waals surface area contributed by atoms with Crippen LogP contribution in [0, 0.1) is 28.6 Å². The molecule has 10 heteroatoms. The van der Waals surface area contributed by atoms with E-state index >= 15 is 0 Å². The van der Waals surface area contributed by atoms with Gasteiger partial charge < -0.3 is 14.4 Å². The van der Waals surface area contributed by atoms with Crippen molar-refractivity contribution in [1.82, 2.24) is 0 Å². The van der Waals surface area contributed by atoms with E-state index in [1.807, 2.05) is 6.07 Å². The number of aliphatic hydroxyl groups excluding tert-OH is 1. The van der Waals surface area contributed by atoms with Crippen molar-refractivity contribution in [3.8, 4) is 5.75 Å². The first kappa shape index (κ1) is 35.9. The average molecular weight is 675 g/mol. The van der Waals surface area contributed by atoms with Crippen LogP contribution in [0.15, 0.2) is 18.2 Å².